The molecular weight excluding hydrogens is 266 g/mol. The fourth-order valence-electron chi connectivity index (χ4n) is 3.58. The molecule has 22 heavy (non-hydrogen) atoms. The number of benzene rings is 3. The molecule has 3 aromatic carbocycles. The van der Waals surface area contributed by atoms with E-state index in [1.54, 1.807) is 0 Å². The van der Waals surface area contributed by atoms with Crippen LogP contribution in [0.5, 0.6) is 0 Å². The highest BCUT2D eigenvalue weighted by Crippen LogP contribution is 2.46. The van der Waals surface area contributed by atoms with Crippen LogP contribution in [0.3, 0.4) is 0 Å². The fraction of sp³-hybridized carbons (Fsp3) is 0.143. The normalized spacial score (nSPS) is 15.3. The fourth-order valence-corrected chi connectivity index (χ4v) is 3.58. The predicted octanol–water partition coefficient (Wildman–Crippen LogP) is 5.87. The van der Waals surface area contributed by atoms with Crippen LogP contribution in [0.2, 0.25) is 0 Å². The summed E-state index contributed by atoms with van der Waals surface area (Å²) in [6, 6.07) is 23.7. The highest BCUT2D eigenvalue weighted by molar-refractivity contribution is 5.82. The molecule has 0 bridgehead atoms. The summed E-state index contributed by atoms with van der Waals surface area (Å²) < 4.78 is 0. The van der Waals surface area contributed by atoms with E-state index in [1.807, 2.05) is 6.07 Å². The molecular formula is C21H19N. The van der Waals surface area contributed by atoms with Crippen molar-refractivity contribution in [3.63, 3.8) is 0 Å². The summed E-state index contributed by atoms with van der Waals surface area (Å²) in [6.07, 6.45) is 0. The summed E-state index contributed by atoms with van der Waals surface area (Å²) in [5, 5.41) is 3.50. The first-order valence-electron chi connectivity index (χ1n) is 7.80. The third kappa shape index (κ3) is 2.01. The summed E-state index contributed by atoms with van der Waals surface area (Å²) in [5.74, 6) is 0.462. The zero-order valence-corrected chi connectivity index (χ0v) is 12.9. The lowest BCUT2D eigenvalue weighted by atomic mass is 9.95. The Morgan fingerprint density at radius 1 is 0.773 bits per heavy atom. The third-order valence-electron chi connectivity index (χ3n) is 4.63. The van der Waals surface area contributed by atoms with Gasteiger partial charge in [0.2, 0.25) is 0 Å². The molecule has 1 heteroatoms. The average molecular weight is 285 g/mol. The van der Waals surface area contributed by atoms with Crippen molar-refractivity contribution in [2.75, 3.05) is 5.32 Å². The standard InChI is InChI=1S/C21H19N/c1-14-7-6-10-19-18-12-11-17(13-20(18)15(2)21(14)19)22-16-8-4-3-5-9-16/h3-13,15,22H,1-2H3. The van der Waals surface area contributed by atoms with Crippen molar-refractivity contribution in [3.05, 3.63) is 83.4 Å². The topological polar surface area (TPSA) is 12.0 Å². The summed E-state index contributed by atoms with van der Waals surface area (Å²) in [6.45, 7) is 4.52. The Morgan fingerprint density at radius 3 is 2.41 bits per heavy atom. The second-order valence-corrected chi connectivity index (χ2v) is 6.05. The van der Waals surface area contributed by atoms with Gasteiger partial charge in [-0.15, -0.1) is 0 Å². The quantitative estimate of drug-likeness (QED) is 0.620. The summed E-state index contributed by atoms with van der Waals surface area (Å²) in [7, 11) is 0. The maximum atomic E-state index is 3.50. The predicted molar refractivity (Wildman–Crippen MR) is 93.9 cm³/mol. The molecule has 1 N–H and O–H groups in total. The van der Waals surface area contributed by atoms with Gasteiger partial charge in [-0.1, -0.05) is 49.4 Å². The monoisotopic (exact) mass is 285 g/mol. The minimum atomic E-state index is 0.462. The SMILES string of the molecule is Cc1cccc2c1C(C)c1cc(Nc3ccccc3)ccc1-2. The summed E-state index contributed by atoms with van der Waals surface area (Å²) in [4.78, 5) is 0. The second-order valence-electron chi connectivity index (χ2n) is 6.05. The van der Waals surface area contributed by atoms with Gasteiger partial charge >= 0.3 is 0 Å². The Balaban J connectivity index is 1.75. The van der Waals surface area contributed by atoms with Gasteiger partial charge in [0.15, 0.2) is 0 Å². The number of rotatable bonds is 2. The number of para-hydroxylation sites is 1. The van der Waals surface area contributed by atoms with Crippen LogP contribution in [0.15, 0.2) is 66.7 Å². The molecule has 0 saturated carbocycles. The molecule has 1 aliphatic carbocycles. The first-order valence-corrected chi connectivity index (χ1v) is 7.80. The van der Waals surface area contributed by atoms with E-state index in [9.17, 15) is 0 Å². The maximum absolute atomic E-state index is 3.50. The molecule has 0 heterocycles. The lowest BCUT2D eigenvalue weighted by Gasteiger charge is -2.11. The lowest BCUT2D eigenvalue weighted by Crippen LogP contribution is -1.95. The van der Waals surface area contributed by atoms with Gasteiger partial charge in [0.05, 0.1) is 0 Å². The first kappa shape index (κ1) is 13.1. The molecule has 0 fully saturated rings. The minimum absolute atomic E-state index is 0.462. The van der Waals surface area contributed by atoms with Crippen LogP contribution in [-0.4, -0.2) is 0 Å². The molecule has 1 nitrogen and oxygen atoms in total. The molecule has 0 aromatic heterocycles. The molecule has 108 valence electrons. The number of anilines is 2. The van der Waals surface area contributed by atoms with Crippen LogP contribution >= 0.6 is 0 Å². The van der Waals surface area contributed by atoms with E-state index in [4.69, 9.17) is 0 Å². The number of hydrogen-bond donors (Lipinski definition) is 1. The zero-order valence-electron chi connectivity index (χ0n) is 12.9. The van der Waals surface area contributed by atoms with Gasteiger partial charge in [-0.2, -0.15) is 0 Å². The van der Waals surface area contributed by atoms with Crippen LogP contribution in [0.25, 0.3) is 11.1 Å². The van der Waals surface area contributed by atoms with Crippen molar-refractivity contribution in [1.29, 1.82) is 0 Å². The molecule has 0 amide bonds. The van der Waals surface area contributed by atoms with Crippen molar-refractivity contribution in [3.8, 4) is 11.1 Å². The number of aryl methyl sites for hydroxylation is 1. The Hall–Kier alpha value is -2.54. The van der Waals surface area contributed by atoms with Crippen LogP contribution in [0, 0.1) is 6.92 Å². The van der Waals surface area contributed by atoms with E-state index in [-0.39, 0.29) is 0 Å². The smallest absolute Gasteiger partial charge is 0.0387 e. The van der Waals surface area contributed by atoms with Crippen LogP contribution < -0.4 is 5.32 Å². The molecule has 0 aliphatic heterocycles. The van der Waals surface area contributed by atoms with Crippen molar-refractivity contribution in [2.24, 2.45) is 0 Å². The largest absolute Gasteiger partial charge is 0.356 e. The zero-order chi connectivity index (χ0) is 15.1. The molecule has 4 rings (SSSR count). The van der Waals surface area contributed by atoms with E-state index in [0.29, 0.717) is 5.92 Å². The van der Waals surface area contributed by atoms with Gasteiger partial charge in [0.25, 0.3) is 0 Å². The molecule has 0 radical (unpaired) electrons. The van der Waals surface area contributed by atoms with E-state index < -0.39 is 0 Å². The van der Waals surface area contributed by atoms with E-state index in [0.717, 1.165) is 11.4 Å². The molecule has 3 aromatic rings. The van der Waals surface area contributed by atoms with Crippen molar-refractivity contribution >= 4 is 11.4 Å². The molecule has 0 spiro atoms. The van der Waals surface area contributed by atoms with E-state index in [1.165, 1.54) is 27.8 Å². The molecule has 1 aliphatic rings. The van der Waals surface area contributed by atoms with Gasteiger partial charge in [0.1, 0.15) is 0 Å². The van der Waals surface area contributed by atoms with Crippen LogP contribution in [0.4, 0.5) is 11.4 Å². The molecule has 0 saturated heterocycles. The average Bonchev–Trinajstić information content (AvgIpc) is 2.82. The van der Waals surface area contributed by atoms with Crippen molar-refractivity contribution in [1.82, 2.24) is 0 Å². The highest BCUT2D eigenvalue weighted by Gasteiger charge is 2.26. The van der Waals surface area contributed by atoms with Crippen molar-refractivity contribution in [2.45, 2.75) is 19.8 Å². The minimum Gasteiger partial charge on any atom is -0.356 e. The van der Waals surface area contributed by atoms with Gasteiger partial charge < -0.3 is 5.32 Å². The Morgan fingerprint density at radius 2 is 1.59 bits per heavy atom. The van der Waals surface area contributed by atoms with Crippen LogP contribution in [-0.2, 0) is 0 Å². The number of fused-ring (bicyclic) bond motifs is 3. The Labute approximate surface area is 131 Å². The van der Waals surface area contributed by atoms with E-state index >= 15 is 0 Å². The van der Waals surface area contributed by atoms with Gasteiger partial charge in [-0.3, -0.25) is 0 Å². The van der Waals surface area contributed by atoms with Gasteiger partial charge in [-0.05, 0) is 59.0 Å². The number of hydrogen-bond acceptors (Lipinski definition) is 1. The Kier molecular flexibility index (Phi) is 3.00. The second kappa shape index (κ2) is 5.03. The maximum Gasteiger partial charge on any atom is 0.0387 e. The van der Waals surface area contributed by atoms with E-state index in [2.05, 4.69) is 79.8 Å². The first-order chi connectivity index (χ1) is 10.7. The summed E-state index contributed by atoms with van der Waals surface area (Å²) in [5.41, 5.74) is 9.35. The highest BCUT2D eigenvalue weighted by atomic mass is 14.9. The number of nitrogens with one attached hydrogen (secondary N) is 1. The Bertz CT molecular complexity index is 834. The lowest BCUT2D eigenvalue weighted by molar-refractivity contribution is 0.944. The molecule has 1 atom stereocenters. The summed E-state index contributed by atoms with van der Waals surface area (Å²) >= 11 is 0. The van der Waals surface area contributed by atoms with Crippen molar-refractivity contribution < 1.29 is 0 Å². The third-order valence-corrected chi connectivity index (χ3v) is 4.63. The van der Waals surface area contributed by atoms with Gasteiger partial charge in [-0.25, -0.2) is 0 Å². The van der Waals surface area contributed by atoms with Crippen LogP contribution in [0.1, 0.15) is 29.5 Å². The molecule has 1 unspecified atom stereocenters. The van der Waals surface area contributed by atoms with Gasteiger partial charge in [0, 0.05) is 17.3 Å².